The summed E-state index contributed by atoms with van der Waals surface area (Å²) in [6.45, 7) is 0.749. The standard InChI is InChI=1S/C10H11N3OS/c1-14-9-4-2-8(3-5-9)6-11-10-13-12-7-15-10/h2-5,7H,6H2,1H3,(H,11,13). The average molecular weight is 221 g/mol. The number of hydrogen-bond donors (Lipinski definition) is 1. The van der Waals surface area contributed by atoms with Gasteiger partial charge >= 0.3 is 0 Å². The minimum atomic E-state index is 0.749. The minimum Gasteiger partial charge on any atom is -0.497 e. The molecule has 0 spiro atoms. The van der Waals surface area contributed by atoms with Gasteiger partial charge < -0.3 is 10.1 Å². The fourth-order valence-electron chi connectivity index (χ4n) is 1.17. The lowest BCUT2D eigenvalue weighted by atomic mass is 10.2. The van der Waals surface area contributed by atoms with Crippen LogP contribution in [0.2, 0.25) is 0 Å². The Hall–Kier alpha value is -1.62. The lowest BCUT2D eigenvalue weighted by Crippen LogP contribution is -1.98. The van der Waals surface area contributed by atoms with Crippen molar-refractivity contribution in [3.05, 3.63) is 35.3 Å². The molecule has 0 atom stereocenters. The zero-order chi connectivity index (χ0) is 10.5. The summed E-state index contributed by atoms with van der Waals surface area (Å²) in [6, 6.07) is 7.92. The molecule has 0 radical (unpaired) electrons. The molecule has 0 unspecified atom stereocenters. The molecule has 0 amide bonds. The van der Waals surface area contributed by atoms with E-state index in [1.807, 2.05) is 24.3 Å². The van der Waals surface area contributed by atoms with Crippen molar-refractivity contribution in [2.45, 2.75) is 6.54 Å². The van der Waals surface area contributed by atoms with Gasteiger partial charge in [0.15, 0.2) is 0 Å². The second-order valence-corrected chi connectivity index (χ2v) is 3.78. The molecule has 0 bridgehead atoms. The molecule has 0 fully saturated rings. The molecule has 0 saturated carbocycles. The Balaban J connectivity index is 1.93. The van der Waals surface area contributed by atoms with Crippen molar-refractivity contribution in [1.82, 2.24) is 10.2 Å². The van der Waals surface area contributed by atoms with Crippen LogP contribution in [-0.4, -0.2) is 17.3 Å². The molecule has 15 heavy (non-hydrogen) atoms. The van der Waals surface area contributed by atoms with Crippen LogP contribution in [0, 0.1) is 0 Å². The van der Waals surface area contributed by atoms with Gasteiger partial charge in [-0.15, -0.1) is 10.2 Å². The van der Waals surface area contributed by atoms with Gasteiger partial charge in [-0.05, 0) is 17.7 Å². The first-order valence-corrected chi connectivity index (χ1v) is 5.39. The van der Waals surface area contributed by atoms with Crippen LogP contribution < -0.4 is 10.1 Å². The predicted octanol–water partition coefficient (Wildman–Crippen LogP) is 2.16. The zero-order valence-corrected chi connectivity index (χ0v) is 9.12. The van der Waals surface area contributed by atoms with Crippen molar-refractivity contribution >= 4 is 16.5 Å². The summed E-state index contributed by atoms with van der Waals surface area (Å²) in [6.07, 6.45) is 0. The van der Waals surface area contributed by atoms with Crippen molar-refractivity contribution in [3.8, 4) is 5.75 Å². The van der Waals surface area contributed by atoms with Gasteiger partial charge in [-0.25, -0.2) is 0 Å². The van der Waals surface area contributed by atoms with E-state index in [4.69, 9.17) is 4.74 Å². The van der Waals surface area contributed by atoms with E-state index in [1.54, 1.807) is 12.6 Å². The zero-order valence-electron chi connectivity index (χ0n) is 8.30. The first-order valence-electron chi connectivity index (χ1n) is 4.51. The Morgan fingerprint density at radius 3 is 2.73 bits per heavy atom. The Bertz CT molecular complexity index is 399. The number of hydrogen-bond acceptors (Lipinski definition) is 5. The van der Waals surface area contributed by atoms with Crippen molar-refractivity contribution in [2.75, 3.05) is 12.4 Å². The molecule has 5 heteroatoms. The maximum Gasteiger partial charge on any atom is 0.205 e. The normalized spacial score (nSPS) is 9.93. The van der Waals surface area contributed by atoms with Gasteiger partial charge in [0.05, 0.1) is 7.11 Å². The van der Waals surface area contributed by atoms with E-state index in [9.17, 15) is 0 Å². The van der Waals surface area contributed by atoms with E-state index in [0.29, 0.717) is 0 Å². The molecule has 4 nitrogen and oxygen atoms in total. The summed E-state index contributed by atoms with van der Waals surface area (Å²) in [4.78, 5) is 0. The Morgan fingerprint density at radius 1 is 1.33 bits per heavy atom. The molecule has 1 heterocycles. The Kier molecular flexibility index (Phi) is 3.14. The van der Waals surface area contributed by atoms with Crippen LogP contribution in [-0.2, 0) is 6.54 Å². The third-order valence-corrected chi connectivity index (χ3v) is 2.61. The molecule has 1 aromatic carbocycles. The molecule has 0 aliphatic rings. The fourth-order valence-corrected chi connectivity index (χ4v) is 1.62. The van der Waals surface area contributed by atoms with Gasteiger partial charge in [-0.1, -0.05) is 23.5 Å². The molecule has 0 saturated heterocycles. The van der Waals surface area contributed by atoms with Gasteiger partial charge in [0.25, 0.3) is 0 Å². The molecule has 1 N–H and O–H groups in total. The first-order chi connectivity index (χ1) is 7.38. The molecule has 1 aromatic heterocycles. The van der Waals surface area contributed by atoms with Crippen LogP contribution in [0.25, 0.3) is 0 Å². The molecule has 2 aromatic rings. The maximum atomic E-state index is 5.08. The second kappa shape index (κ2) is 4.75. The number of aromatic nitrogens is 2. The predicted molar refractivity (Wildman–Crippen MR) is 60.2 cm³/mol. The van der Waals surface area contributed by atoms with E-state index < -0.39 is 0 Å². The number of anilines is 1. The fraction of sp³-hybridized carbons (Fsp3) is 0.200. The molecular formula is C10H11N3OS. The van der Waals surface area contributed by atoms with Crippen LogP contribution in [0.15, 0.2) is 29.8 Å². The molecular weight excluding hydrogens is 210 g/mol. The summed E-state index contributed by atoms with van der Waals surface area (Å²) in [5.74, 6) is 0.870. The van der Waals surface area contributed by atoms with Gasteiger partial charge in [0, 0.05) is 6.54 Å². The summed E-state index contributed by atoms with van der Waals surface area (Å²) >= 11 is 1.49. The lowest BCUT2D eigenvalue weighted by molar-refractivity contribution is 0.414. The third kappa shape index (κ3) is 2.66. The Morgan fingerprint density at radius 2 is 2.13 bits per heavy atom. The van der Waals surface area contributed by atoms with E-state index in [2.05, 4.69) is 15.5 Å². The summed E-state index contributed by atoms with van der Waals surface area (Å²) < 4.78 is 5.08. The van der Waals surface area contributed by atoms with Gasteiger partial charge in [0.1, 0.15) is 11.3 Å². The van der Waals surface area contributed by atoms with E-state index in [0.717, 1.165) is 17.4 Å². The van der Waals surface area contributed by atoms with Gasteiger partial charge in [0.2, 0.25) is 5.13 Å². The van der Waals surface area contributed by atoms with Crippen LogP contribution in [0.4, 0.5) is 5.13 Å². The van der Waals surface area contributed by atoms with Crippen molar-refractivity contribution < 1.29 is 4.74 Å². The van der Waals surface area contributed by atoms with E-state index >= 15 is 0 Å². The maximum absolute atomic E-state index is 5.08. The van der Waals surface area contributed by atoms with Crippen LogP contribution in [0.3, 0.4) is 0 Å². The highest BCUT2D eigenvalue weighted by atomic mass is 32.1. The number of nitrogens with zero attached hydrogens (tertiary/aromatic N) is 2. The number of methoxy groups -OCH3 is 1. The van der Waals surface area contributed by atoms with Crippen LogP contribution in [0.1, 0.15) is 5.56 Å². The minimum absolute atomic E-state index is 0.749. The van der Waals surface area contributed by atoms with Crippen molar-refractivity contribution in [1.29, 1.82) is 0 Å². The number of rotatable bonds is 4. The van der Waals surface area contributed by atoms with E-state index in [1.165, 1.54) is 16.9 Å². The highest BCUT2D eigenvalue weighted by molar-refractivity contribution is 7.13. The van der Waals surface area contributed by atoms with Gasteiger partial charge in [-0.3, -0.25) is 0 Å². The average Bonchev–Trinajstić information content (AvgIpc) is 2.80. The molecule has 2 rings (SSSR count). The van der Waals surface area contributed by atoms with Crippen molar-refractivity contribution in [2.24, 2.45) is 0 Å². The highest BCUT2D eigenvalue weighted by Gasteiger charge is 1.97. The summed E-state index contributed by atoms with van der Waals surface area (Å²) in [5.41, 5.74) is 2.89. The monoisotopic (exact) mass is 221 g/mol. The number of ether oxygens (including phenoxy) is 1. The molecule has 0 aliphatic carbocycles. The Labute approximate surface area is 91.9 Å². The van der Waals surface area contributed by atoms with Crippen LogP contribution >= 0.6 is 11.3 Å². The third-order valence-electron chi connectivity index (χ3n) is 1.96. The SMILES string of the molecule is COc1ccc(CNc2nncs2)cc1. The summed E-state index contributed by atoms with van der Waals surface area (Å²) in [7, 11) is 1.66. The quantitative estimate of drug-likeness (QED) is 0.859. The molecule has 78 valence electrons. The lowest BCUT2D eigenvalue weighted by Gasteiger charge is -2.03. The number of benzene rings is 1. The van der Waals surface area contributed by atoms with Crippen LogP contribution in [0.5, 0.6) is 5.75 Å². The smallest absolute Gasteiger partial charge is 0.205 e. The summed E-state index contributed by atoms with van der Waals surface area (Å²) in [5, 5.41) is 11.7. The largest absolute Gasteiger partial charge is 0.497 e. The first kappa shape index (κ1) is 9.92. The van der Waals surface area contributed by atoms with Crippen molar-refractivity contribution in [3.63, 3.8) is 0 Å². The second-order valence-electron chi connectivity index (χ2n) is 2.95. The molecule has 0 aliphatic heterocycles. The topological polar surface area (TPSA) is 47.0 Å². The van der Waals surface area contributed by atoms with E-state index in [-0.39, 0.29) is 0 Å². The number of nitrogens with one attached hydrogen (secondary N) is 1. The highest BCUT2D eigenvalue weighted by Crippen LogP contribution is 2.13. The van der Waals surface area contributed by atoms with Gasteiger partial charge in [-0.2, -0.15) is 0 Å².